The average molecular weight is 305 g/mol. The number of fused-ring (bicyclic) bond motifs is 1. The average Bonchev–Trinajstić information content (AvgIpc) is 3.15. The summed E-state index contributed by atoms with van der Waals surface area (Å²) in [6.45, 7) is 1.59. The van der Waals surface area contributed by atoms with Crippen LogP contribution in [0.3, 0.4) is 0 Å². The van der Waals surface area contributed by atoms with Crippen molar-refractivity contribution < 1.29 is 14.3 Å². The molecule has 1 saturated carbocycles. The minimum atomic E-state index is -0.0941. The molecule has 0 bridgehead atoms. The summed E-state index contributed by atoms with van der Waals surface area (Å²) in [6, 6.07) is 6.03. The maximum atomic E-state index is 11.9. The first-order valence-electron chi connectivity index (χ1n) is 7.87. The molecule has 0 radical (unpaired) electrons. The Balaban J connectivity index is 1.38. The number of ether oxygens (including phenoxy) is 2. The largest absolute Gasteiger partial charge is 0.454 e. The van der Waals surface area contributed by atoms with E-state index in [4.69, 9.17) is 15.2 Å². The molecule has 2 aliphatic rings. The molecule has 2 amide bonds. The van der Waals surface area contributed by atoms with Crippen LogP contribution < -0.4 is 25.8 Å². The van der Waals surface area contributed by atoms with E-state index < -0.39 is 0 Å². The van der Waals surface area contributed by atoms with E-state index in [2.05, 4.69) is 10.6 Å². The van der Waals surface area contributed by atoms with Gasteiger partial charge in [-0.05, 0) is 55.8 Å². The van der Waals surface area contributed by atoms with Crippen LogP contribution in [0.5, 0.6) is 11.5 Å². The van der Waals surface area contributed by atoms with Crippen molar-refractivity contribution in [3.05, 3.63) is 23.8 Å². The van der Waals surface area contributed by atoms with Crippen LogP contribution in [0.2, 0.25) is 0 Å². The van der Waals surface area contributed by atoms with Crippen LogP contribution in [0.25, 0.3) is 0 Å². The second kappa shape index (κ2) is 6.87. The first-order valence-corrected chi connectivity index (χ1v) is 7.87. The fourth-order valence-corrected chi connectivity index (χ4v) is 3.07. The summed E-state index contributed by atoms with van der Waals surface area (Å²) >= 11 is 0. The number of urea groups is 1. The first-order chi connectivity index (χ1) is 10.7. The lowest BCUT2D eigenvalue weighted by molar-refractivity contribution is 0.174. The molecule has 1 aromatic rings. The number of benzene rings is 1. The van der Waals surface area contributed by atoms with Crippen LogP contribution in [0, 0.1) is 5.92 Å². The predicted molar refractivity (Wildman–Crippen MR) is 83.0 cm³/mol. The number of hydrogen-bond donors (Lipinski definition) is 3. The lowest BCUT2D eigenvalue weighted by Gasteiger charge is -2.14. The van der Waals surface area contributed by atoms with Crippen LogP contribution in [0.15, 0.2) is 18.2 Å². The van der Waals surface area contributed by atoms with Crippen LogP contribution in [0.4, 0.5) is 4.79 Å². The molecule has 1 aliphatic heterocycles. The van der Waals surface area contributed by atoms with Crippen molar-refractivity contribution in [1.29, 1.82) is 0 Å². The van der Waals surface area contributed by atoms with E-state index in [0.29, 0.717) is 19.0 Å². The summed E-state index contributed by atoms with van der Waals surface area (Å²) in [5.41, 5.74) is 6.78. The monoisotopic (exact) mass is 305 g/mol. The van der Waals surface area contributed by atoms with Gasteiger partial charge in [0.15, 0.2) is 11.5 Å². The Labute approximate surface area is 130 Å². The summed E-state index contributed by atoms with van der Waals surface area (Å²) in [5, 5.41) is 5.93. The molecule has 1 aromatic carbocycles. The third-order valence-electron chi connectivity index (χ3n) is 4.35. The van der Waals surface area contributed by atoms with Gasteiger partial charge in [0.2, 0.25) is 6.79 Å². The lowest BCUT2D eigenvalue weighted by Crippen LogP contribution is -2.41. The third kappa shape index (κ3) is 3.62. The van der Waals surface area contributed by atoms with E-state index in [1.807, 2.05) is 18.2 Å². The van der Waals surface area contributed by atoms with Gasteiger partial charge in [-0.2, -0.15) is 0 Å². The molecule has 6 heteroatoms. The van der Waals surface area contributed by atoms with Gasteiger partial charge in [-0.1, -0.05) is 6.07 Å². The summed E-state index contributed by atoms with van der Waals surface area (Å²) < 4.78 is 10.6. The van der Waals surface area contributed by atoms with Crippen molar-refractivity contribution in [2.75, 3.05) is 19.9 Å². The number of carbonyl (C=O) groups is 1. The quantitative estimate of drug-likeness (QED) is 0.767. The van der Waals surface area contributed by atoms with Crippen molar-refractivity contribution >= 4 is 6.03 Å². The molecule has 1 fully saturated rings. The minimum absolute atomic E-state index is 0.0941. The van der Waals surface area contributed by atoms with E-state index in [0.717, 1.165) is 42.7 Å². The molecule has 0 aromatic heterocycles. The summed E-state index contributed by atoms with van der Waals surface area (Å²) in [5.74, 6) is 2.12. The smallest absolute Gasteiger partial charge is 0.315 e. The summed E-state index contributed by atoms with van der Waals surface area (Å²) in [7, 11) is 0. The molecule has 22 heavy (non-hydrogen) atoms. The maximum absolute atomic E-state index is 11.9. The standard InChI is InChI=1S/C16H23N3O3/c17-9-12-1-3-13(7-12)19-16(20)18-6-5-11-2-4-14-15(8-11)22-10-21-14/h2,4,8,12-13H,1,3,5-7,9-10,17H2,(H2,18,19,20). The van der Waals surface area contributed by atoms with Gasteiger partial charge in [0.25, 0.3) is 0 Å². The molecule has 0 spiro atoms. The number of rotatable bonds is 5. The van der Waals surface area contributed by atoms with Gasteiger partial charge < -0.3 is 25.8 Å². The Morgan fingerprint density at radius 3 is 2.95 bits per heavy atom. The summed E-state index contributed by atoms with van der Waals surface area (Å²) in [6.07, 6.45) is 3.89. The second-order valence-corrected chi connectivity index (χ2v) is 5.95. The maximum Gasteiger partial charge on any atom is 0.315 e. The highest BCUT2D eigenvalue weighted by molar-refractivity contribution is 5.74. The fourth-order valence-electron chi connectivity index (χ4n) is 3.07. The molecule has 120 valence electrons. The van der Waals surface area contributed by atoms with Crippen LogP contribution in [-0.2, 0) is 6.42 Å². The molecule has 1 heterocycles. The molecule has 0 saturated heterocycles. The number of nitrogens with one attached hydrogen (secondary N) is 2. The molecule has 2 atom stereocenters. The van der Waals surface area contributed by atoms with Crippen molar-refractivity contribution in [3.63, 3.8) is 0 Å². The first kappa shape index (κ1) is 15.0. The normalized spacial score (nSPS) is 22.6. The van der Waals surface area contributed by atoms with Crippen molar-refractivity contribution in [2.24, 2.45) is 11.7 Å². The van der Waals surface area contributed by atoms with E-state index in [-0.39, 0.29) is 18.9 Å². The Morgan fingerprint density at radius 1 is 1.27 bits per heavy atom. The van der Waals surface area contributed by atoms with Crippen molar-refractivity contribution in [1.82, 2.24) is 10.6 Å². The second-order valence-electron chi connectivity index (χ2n) is 5.95. The highest BCUT2D eigenvalue weighted by Crippen LogP contribution is 2.32. The molecule has 2 unspecified atom stereocenters. The predicted octanol–water partition coefficient (Wildman–Crippen LogP) is 1.38. The fraction of sp³-hybridized carbons (Fsp3) is 0.562. The summed E-state index contributed by atoms with van der Waals surface area (Å²) in [4.78, 5) is 11.9. The van der Waals surface area contributed by atoms with E-state index >= 15 is 0 Å². The van der Waals surface area contributed by atoms with E-state index in [9.17, 15) is 4.79 Å². The van der Waals surface area contributed by atoms with Crippen LogP contribution in [-0.4, -0.2) is 32.0 Å². The van der Waals surface area contributed by atoms with E-state index in [1.165, 1.54) is 0 Å². The molecule has 4 N–H and O–H groups in total. The van der Waals surface area contributed by atoms with Gasteiger partial charge in [-0.25, -0.2) is 4.79 Å². The topological polar surface area (TPSA) is 85.6 Å². The van der Waals surface area contributed by atoms with Gasteiger partial charge in [0.1, 0.15) is 0 Å². The third-order valence-corrected chi connectivity index (χ3v) is 4.35. The molecule has 1 aliphatic carbocycles. The molecule has 6 nitrogen and oxygen atoms in total. The zero-order valence-corrected chi connectivity index (χ0v) is 12.6. The number of hydrogen-bond acceptors (Lipinski definition) is 4. The van der Waals surface area contributed by atoms with Crippen molar-refractivity contribution in [2.45, 2.75) is 31.7 Å². The number of nitrogens with two attached hydrogens (primary N) is 1. The van der Waals surface area contributed by atoms with Crippen molar-refractivity contribution in [3.8, 4) is 11.5 Å². The van der Waals surface area contributed by atoms with Crippen LogP contribution in [0.1, 0.15) is 24.8 Å². The number of carbonyl (C=O) groups excluding carboxylic acids is 1. The zero-order valence-electron chi connectivity index (χ0n) is 12.6. The zero-order chi connectivity index (χ0) is 15.4. The molecule has 3 rings (SSSR count). The SMILES string of the molecule is NCC1CCC(NC(=O)NCCc2ccc3c(c2)OCO3)C1. The van der Waals surface area contributed by atoms with Gasteiger partial charge in [-0.3, -0.25) is 0 Å². The van der Waals surface area contributed by atoms with Crippen LogP contribution >= 0.6 is 0 Å². The Hall–Kier alpha value is -1.95. The highest BCUT2D eigenvalue weighted by atomic mass is 16.7. The lowest BCUT2D eigenvalue weighted by atomic mass is 10.1. The van der Waals surface area contributed by atoms with Gasteiger partial charge in [-0.15, -0.1) is 0 Å². The molecular formula is C16H23N3O3. The van der Waals surface area contributed by atoms with Gasteiger partial charge in [0.05, 0.1) is 0 Å². The Bertz CT molecular complexity index is 535. The van der Waals surface area contributed by atoms with Gasteiger partial charge >= 0.3 is 6.03 Å². The number of amides is 2. The van der Waals surface area contributed by atoms with Gasteiger partial charge in [0, 0.05) is 12.6 Å². The Morgan fingerprint density at radius 2 is 2.14 bits per heavy atom. The Kier molecular flexibility index (Phi) is 4.68. The van der Waals surface area contributed by atoms with E-state index in [1.54, 1.807) is 0 Å². The molecular weight excluding hydrogens is 282 g/mol. The highest BCUT2D eigenvalue weighted by Gasteiger charge is 2.24. The minimum Gasteiger partial charge on any atom is -0.454 e.